The van der Waals surface area contributed by atoms with Crippen LogP contribution in [0.15, 0.2) is 12.1 Å². The van der Waals surface area contributed by atoms with E-state index in [9.17, 15) is 14.9 Å². The summed E-state index contributed by atoms with van der Waals surface area (Å²) in [7, 11) is 0. The van der Waals surface area contributed by atoms with E-state index in [-0.39, 0.29) is 11.4 Å². The first kappa shape index (κ1) is 10.6. The van der Waals surface area contributed by atoms with Crippen molar-refractivity contribution in [2.45, 2.75) is 12.5 Å². The molecular weight excluding hydrogens is 208 g/mol. The number of nitrogens with two attached hydrogens (primary N) is 1. The molecule has 1 aromatic rings. The third-order valence-corrected chi connectivity index (χ3v) is 2.62. The van der Waals surface area contributed by atoms with Crippen LogP contribution in [0.1, 0.15) is 4.88 Å². The highest BCUT2D eigenvalue weighted by Crippen LogP contribution is 2.24. The second-order valence-electron chi connectivity index (χ2n) is 2.65. The van der Waals surface area contributed by atoms with Crippen LogP contribution < -0.4 is 5.73 Å². The lowest BCUT2D eigenvalue weighted by Crippen LogP contribution is -2.31. The second-order valence-corrected chi connectivity index (χ2v) is 3.79. The zero-order valence-electron chi connectivity index (χ0n) is 7.04. The fourth-order valence-corrected chi connectivity index (χ4v) is 1.76. The lowest BCUT2D eigenvalue weighted by Gasteiger charge is -2.01. The molecule has 0 bridgehead atoms. The molecule has 0 saturated carbocycles. The third-order valence-electron chi connectivity index (χ3n) is 1.57. The number of rotatable bonds is 4. The predicted molar refractivity (Wildman–Crippen MR) is 50.3 cm³/mol. The molecule has 76 valence electrons. The number of hydrogen-bond acceptors (Lipinski definition) is 5. The minimum Gasteiger partial charge on any atom is -0.480 e. The zero-order valence-corrected chi connectivity index (χ0v) is 7.86. The molecule has 7 heteroatoms. The van der Waals surface area contributed by atoms with Gasteiger partial charge in [-0.1, -0.05) is 11.3 Å². The maximum atomic E-state index is 10.4. The zero-order chi connectivity index (χ0) is 10.7. The van der Waals surface area contributed by atoms with Gasteiger partial charge in [-0.25, -0.2) is 0 Å². The van der Waals surface area contributed by atoms with Crippen molar-refractivity contribution in [2.75, 3.05) is 0 Å². The summed E-state index contributed by atoms with van der Waals surface area (Å²) in [5, 5.41) is 18.8. The molecule has 0 spiro atoms. The Morgan fingerprint density at radius 2 is 2.36 bits per heavy atom. The van der Waals surface area contributed by atoms with Gasteiger partial charge in [0.2, 0.25) is 0 Å². The highest BCUT2D eigenvalue weighted by Gasteiger charge is 2.16. The Bertz CT molecular complexity index is 362. The minimum absolute atomic E-state index is 0.00223. The first-order valence-electron chi connectivity index (χ1n) is 3.72. The SMILES string of the molecule is NC(Cc1ccc([N+](=O)[O-])s1)C(=O)O. The molecular formula is C7H8N2O4S. The molecule has 3 N–H and O–H groups in total. The van der Waals surface area contributed by atoms with E-state index in [0.29, 0.717) is 4.88 Å². The van der Waals surface area contributed by atoms with Crippen LogP contribution in [0.2, 0.25) is 0 Å². The maximum Gasteiger partial charge on any atom is 0.324 e. The minimum atomic E-state index is -1.11. The molecule has 0 radical (unpaired) electrons. The fraction of sp³-hybridized carbons (Fsp3) is 0.286. The number of carboxylic acids is 1. The molecule has 0 aliphatic rings. The summed E-state index contributed by atoms with van der Waals surface area (Å²) in [5.74, 6) is -1.11. The number of thiophene rings is 1. The lowest BCUT2D eigenvalue weighted by molar-refractivity contribution is -0.380. The average Bonchev–Trinajstić information content (AvgIpc) is 2.52. The average molecular weight is 216 g/mol. The van der Waals surface area contributed by atoms with Crippen molar-refractivity contribution >= 4 is 22.3 Å². The van der Waals surface area contributed by atoms with E-state index in [1.54, 1.807) is 0 Å². The summed E-state index contributed by atoms with van der Waals surface area (Å²) < 4.78 is 0. The maximum absolute atomic E-state index is 10.4. The van der Waals surface area contributed by atoms with Crippen molar-refractivity contribution in [3.63, 3.8) is 0 Å². The highest BCUT2D eigenvalue weighted by molar-refractivity contribution is 7.15. The Morgan fingerprint density at radius 3 is 2.79 bits per heavy atom. The van der Waals surface area contributed by atoms with Gasteiger partial charge in [-0.05, 0) is 6.07 Å². The first-order valence-corrected chi connectivity index (χ1v) is 4.54. The Balaban J connectivity index is 2.69. The van der Waals surface area contributed by atoms with Gasteiger partial charge in [0.1, 0.15) is 6.04 Å². The fourth-order valence-electron chi connectivity index (χ4n) is 0.878. The summed E-state index contributed by atoms with van der Waals surface area (Å²) >= 11 is 0.944. The summed E-state index contributed by atoms with van der Waals surface area (Å²) in [6.45, 7) is 0. The Hall–Kier alpha value is -1.47. The van der Waals surface area contributed by atoms with E-state index in [1.807, 2.05) is 0 Å². The van der Waals surface area contributed by atoms with Crippen LogP contribution >= 0.6 is 11.3 Å². The molecule has 0 aromatic carbocycles. The summed E-state index contributed by atoms with van der Waals surface area (Å²) in [5.41, 5.74) is 5.27. The van der Waals surface area contributed by atoms with Gasteiger partial charge in [0.05, 0.1) is 4.92 Å². The summed E-state index contributed by atoms with van der Waals surface area (Å²) in [4.78, 5) is 20.8. The van der Waals surface area contributed by atoms with Gasteiger partial charge in [-0.3, -0.25) is 14.9 Å². The first-order chi connectivity index (χ1) is 6.50. The number of carbonyl (C=O) groups is 1. The molecule has 0 saturated heterocycles. The molecule has 1 aromatic heterocycles. The molecule has 0 fully saturated rings. The predicted octanol–water partition coefficient (Wildman–Crippen LogP) is 0.611. The van der Waals surface area contributed by atoms with Crippen LogP contribution in [0.5, 0.6) is 0 Å². The number of hydrogen-bond donors (Lipinski definition) is 2. The topological polar surface area (TPSA) is 106 Å². The number of nitrogens with zero attached hydrogens (tertiary/aromatic N) is 1. The van der Waals surface area contributed by atoms with Gasteiger partial charge >= 0.3 is 11.0 Å². The molecule has 0 amide bonds. The van der Waals surface area contributed by atoms with Crippen molar-refractivity contribution in [1.29, 1.82) is 0 Å². The van der Waals surface area contributed by atoms with E-state index >= 15 is 0 Å². The van der Waals surface area contributed by atoms with E-state index in [4.69, 9.17) is 10.8 Å². The molecule has 1 unspecified atom stereocenters. The molecule has 0 aliphatic carbocycles. The highest BCUT2D eigenvalue weighted by atomic mass is 32.1. The largest absolute Gasteiger partial charge is 0.480 e. The molecule has 14 heavy (non-hydrogen) atoms. The van der Waals surface area contributed by atoms with E-state index in [1.165, 1.54) is 12.1 Å². The van der Waals surface area contributed by atoms with Crippen LogP contribution in [0.3, 0.4) is 0 Å². The third kappa shape index (κ3) is 2.51. The van der Waals surface area contributed by atoms with Crippen LogP contribution in [0.4, 0.5) is 5.00 Å². The second kappa shape index (κ2) is 4.16. The van der Waals surface area contributed by atoms with Crippen molar-refractivity contribution < 1.29 is 14.8 Å². The Morgan fingerprint density at radius 1 is 1.71 bits per heavy atom. The standard InChI is InChI=1S/C7H8N2O4S/c8-5(7(10)11)3-4-1-2-6(14-4)9(12)13/h1-2,5H,3,8H2,(H,10,11). The van der Waals surface area contributed by atoms with Crippen molar-refractivity contribution in [3.05, 3.63) is 27.1 Å². The Labute approximate surface area is 83.1 Å². The van der Waals surface area contributed by atoms with Crippen molar-refractivity contribution in [3.8, 4) is 0 Å². The quantitative estimate of drug-likeness (QED) is 0.566. The van der Waals surface area contributed by atoms with Crippen LogP contribution in [-0.2, 0) is 11.2 Å². The summed E-state index contributed by atoms with van der Waals surface area (Å²) in [6.07, 6.45) is 0.119. The van der Waals surface area contributed by atoms with E-state index in [2.05, 4.69) is 0 Å². The lowest BCUT2D eigenvalue weighted by atomic mass is 10.2. The van der Waals surface area contributed by atoms with Gasteiger partial charge < -0.3 is 10.8 Å². The number of aliphatic carboxylic acids is 1. The van der Waals surface area contributed by atoms with Gasteiger partial charge in [-0.2, -0.15) is 0 Å². The van der Waals surface area contributed by atoms with Crippen molar-refractivity contribution in [1.82, 2.24) is 0 Å². The van der Waals surface area contributed by atoms with Gasteiger partial charge in [0, 0.05) is 17.4 Å². The molecule has 1 rings (SSSR count). The smallest absolute Gasteiger partial charge is 0.324 e. The molecule has 0 aliphatic heterocycles. The van der Waals surface area contributed by atoms with Crippen LogP contribution in [-0.4, -0.2) is 22.0 Å². The van der Waals surface area contributed by atoms with Gasteiger partial charge in [0.15, 0.2) is 0 Å². The number of nitro groups is 1. The van der Waals surface area contributed by atoms with E-state index in [0.717, 1.165) is 11.3 Å². The van der Waals surface area contributed by atoms with Crippen molar-refractivity contribution in [2.24, 2.45) is 5.73 Å². The van der Waals surface area contributed by atoms with Crippen LogP contribution in [0.25, 0.3) is 0 Å². The molecule has 1 heterocycles. The number of carboxylic acid groups (broad SMARTS) is 1. The monoisotopic (exact) mass is 216 g/mol. The van der Waals surface area contributed by atoms with Gasteiger partial charge in [-0.15, -0.1) is 0 Å². The molecule has 6 nitrogen and oxygen atoms in total. The van der Waals surface area contributed by atoms with Crippen LogP contribution in [0, 0.1) is 10.1 Å². The molecule has 1 atom stereocenters. The van der Waals surface area contributed by atoms with E-state index < -0.39 is 16.9 Å². The van der Waals surface area contributed by atoms with Gasteiger partial charge in [0.25, 0.3) is 0 Å². The Kier molecular flexibility index (Phi) is 3.15. The summed E-state index contributed by atoms with van der Waals surface area (Å²) in [6, 6.07) is 1.86. The normalized spacial score (nSPS) is 12.4.